The van der Waals surface area contributed by atoms with Crippen molar-refractivity contribution in [2.24, 2.45) is 0 Å². The molecule has 0 amide bonds. The van der Waals surface area contributed by atoms with Crippen molar-refractivity contribution in [2.45, 2.75) is 6.92 Å². The lowest BCUT2D eigenvalue weighted by Gasteiger charge is -2.03. The summed E-state index contributed by atoms with van der Waals surface area (Å²) in [6.07, 6.45) is 5.31. The second-order valence-electron chi connectivity index (χ2n) is 5.15. The largest absolute Gasteiger partial charge is 0.496 e. The number of carbonyl (C=O) groups excluding carboxylic acids is 1. The van der Waals surface area contributed by atoms with E-state index in [2.05, 4.69) is 0 Å². The van der Waals surface area contributed by atoms with Crippen LogP contribution in [0.5, 0.6) is 17.2 Å². The number of rotatable bonds is 5. The van der Waals surface area contributed by atoms with E-state index in [1.165, 1.54) is 0 Å². The third kappa shape index (κ3) is 3.18. The van der Waals surface area contributed by atoms with E-state index >= 15 is 0 Å². The molecule has 2 aromatic rings. The summed E-state index contributed by atoms with van der Waals surface area (Å²) >= 11 is 0. The van der Waals surface area contributed by atoms with Gasteiger partial charge in [0.15, 0.2) is 5.76 Å². The number of ether oxygens (including phenoxy) is 3. The molecule has 0 aliphatic carbocycles. The maximum atomic E-state index is 12.3. The Morgan fingerprint density at radius 2 is 2.00 bits per heavy atom. The van der Waals surface area contributed by atoms with E-state index in [0.717, 1.165) is 11.3 Å². The van der Waals surface area contributed by atoms with Gasteiger partial charge in [0.1, 0.15) is 17.2 Å². The normalized spacial score (nSPS) is 14.8. The Morgan fingerprint density at radius 1 is 1.17 bits per heavy atom. The molecule has 0 unspecified atom stereocenters. The fourth-order valence-electron chi connectivity index (χ4n) is 2.48. The van der Waals surface area contributed by atoms with Crippen molar-refractivity contribution >= 4 is 11.9 Å². The molecule has 4 nitrogen and oxygen atoms in total. The lowest BCUT2D eigenvalue weighted by atomic mass is 10.1. The molecule has 0 spiro atoms. The van der Waals surface area contributed by atoms with E-state index in [9.17, 15) is 4.79 Å². The van der Waals surface area contributed by atoms with Gasteiger partial charge in [0.05, 0.1) is 19.3 Å². The Kier molecular flexibility index (Phi) is 4.66. The van der Waals surface area contributed by atoms with E-state index in [1.807, 2.05) is 37.3 Å². The molecule has 24 heavy (non-hydrogen) atoms. The van der Waals surface area contributed by atoms with Crippen molar-refractivity contribution in [3.63, 3.8) is 0 Å². The Morgan fingerprint density at radius 3 is 2.79 bits per heavy atom. The topological polar surface area (TPSA) is 44.8 Å². The van der Waals surface area contributed by atoms with Gasteiger partial charge >= 0.3 is 0 Å². The molecular formula is C20H18O4. The van der Waals surface area contributed by atoms with Gasteiger partial charge in [0.2, 0.25) is 5.78 Å². The zero-order valence-corrected chi connectivity index (χ0v) is 13.6. The van der Waals surface area contributed by atoms with Crippen LogP contribution < -0.4 is 14.2 Å². The smallest absolute Gasteiger partial charge is 0.231 e. The number of ketones is 1. The molecule has 0 bridgehead atoms. The van der Waals surface area contributed by atoms with Crippen LogP contribution in [0.1, 0.15) is 22.8 Å². The van der Waals surface area contributed by atoms with Crippen molar-refractivity contribution in [3.8, 4) is 17.2 Å². The molecule has 0 radical (unpaired) electrons. The molecule has 0 saturated carbocycles. The van der Waals surface area contributed by atoms with Crippen molar-refractivity contribution in [2.75, 3.05) is 13.7 Å². The fourth-order valence-corrected chi connectivity index (χ4v) is 2.48. The number of hydrogen-bond acceptors (Lipinski definition) is 4. The Labute approximate surface area is 141 Å². The van der Waals surface area contributed by atoms with Gasteiger partial charge in [-0.25, -0.2) is 0 Å². The van der Waals surface area contributed by atoms with Crippen LogP contribution in [0.3, 0.4) is 0 Å². The van der Waals surface area contributed by atoms with E-state index in [1.54, 1.807) is 37.5 Å². The van der Waals surface area contributed by atoms with E-state index < -0.39 is 0 Å². The molecule has 4 heteroatoms. The van der Waals surface area contributed by atoms with E-state index in [-0.39, 0.29) is 5.78 Å². The standard InChI is InChI=1S/C20H18O4/c1-3-23-15-11-12-16-19(13-15)24-18(20(16)21)10-6-8-14-7-4-5-9-17(14)22-2/h4-13H,3H2,1-2H3. The zero-order valence-electron chi connectivity index (χ0n) is 13.6. The van der Waals surface area contributed by atoms with Gasteiger partial charge in [0.25, 0.3) is 0 Å². The number of fused-ring (bicyclic) bond motifs is 1. The van der Waals surface area contributed by atoms with Crippen LogP contribution in [0.2, 0.25) is 0 Å². The molecule has 0 N–H and O–H groups in total. The molecule has 1 aliphatic rings. The van der Waals surface area contributed by atoms with E-state index in [4.69, 9.17) is 14.2 Å². The first kappa shape index (κ1) is 15.9. The molecular weight excluding hydrogens is 304 g/mol. The predicted octanol–water partition coefficient (Wildman–Crippen LogP) is 4.27. The van der Waals surface area contributed by atoms with Crippen LogP contribution in [0.4, 0.5) is 0 Å². The van der Waals surface area contributed by atoms with Crippen LogP contribution >= 0.6 is 0 Å². The van der Waals surface area contributed by atoms with Gasteiger partial charge in [-0.3, -0.25) is 4.79 Å². The average Bonchev–Trinajstić information content (AvgIpc) is 2.91. The third-order valence-electron chi connectivity index (χ3n) is 3.61. The van der Waals surface area contributed by atoms with Crippen molar-refractivity contribution in [3.05, 3.63) is 71.5 Å². The molecule has 2 aromatic carbocycles. The minimum atomic E-state index is -0.127. The zero-order chi connectivity index (χ0) is 16.9. The Hall–Kier alpha value is -3.01. The lowest BCUT2D eigenvalue weighted by molar-refractivity contribution is 0.101. The number of methoxy groups -OCH3 is 1. The summed E-state index contributed by atoms with van der Waals surface area (Å²) in [6.45, 7) is 2.48. The monoisotopic (exact) mass is 322 g/mol. The summed E-state index contributed by atoms with van der Waals surface area (Å²) in [4.78, 5) is 12.3. The molecule has 1 aliphatic heterocycles. The molecule has 0 aromatic heterocycles. The van der Waals surface area contributed by atoms with Crippen molar-refractivity contribution < 1.29 is 19.0 Å². The number of allylic oxidation sites excluding steroid dienone is 3. The highest BCUT2D eigenvalue weighted by Crippen LogP contribution is 2.34. The average molecular weight is 322 g/mol. The fraction of sp³-hybridized carbons (Fsp3) is 0.150. The molecule has 0 atom stereocenters. The van der Waals surface area contributed by atoms with Gasteiger partial charge in [-0.15, -0.1) is 0 Å². The van der Waals surface area contributed by atoms with E-state index in [0.29, 0.717) is 29.4 Å². The SMILES string of the molecule is CCOc1ccc2c(c1)OC(=CC=Cc1ccccc1OC)C2=O. The highest BCUT2D eigenvalue weighted by atomic mass is 16.5. The Bertz CT molecular complexity index is 818. The molecule has 0 saturated heterocycles. The van der Waals surface area contributed by atoms with Crippen LogP contribution in [-0.2, 0) is 0 Å². The van der Waals surface area contributed by atoms with Gasteiger partial charge < -0.3 is 14.2 Å². The first-order chi connectivity index (χ1) is 11.7. The quantitative estimate of drug-likeness (QED) is 0.771. The second kappa shape index (κ2) is 7.04. The number of carbonyl (C=O) groups is 1. The van der Waals surface area contributed by atoms with Gasteiger partial charge in [-0.2, -0.15) is 0 Å². The minimum Gasteiger partial charge on any atom is -0.496 e. The van der Waals surface area contributed by atoms with Gasteiger partial charge in [-0.1, -0.05) is 30.4 Å². The molecule has 1 heterocycles. The molecule has 3 rings (SSSR count). The summed E-state index contributed by atoms with van der Waals surface area (Å²) < 4.78 is 16.4. The van der Waals surface area contributed by atoms with Gasteiger partial charge in [0, 0.05) is 11.6 Å². The highest BCUT2D eigenvalue weighted by molar-refractivity contribution is 6.12. The summed E-state index contributed by atoms with van der Waals surface area (Å²) in [5, 5.41) is 0. The maximum Gasteiger partial charge on any atom is 0.231 e. The van der Waals surface area contributed by atoms with Crippen LogP contribution in [0.15, 0.2) is 60.4 Å². The number of para-hydroxylation sites is 1. The van der Waals surface area contributed by atoms with Gasteiger partial charge in [-0.05, 0) is 31.2 Å². The maximum absolute atomic E-state index is 12.3. The summed E-state index contributed by atoms with van der Waals surface area (Å²) in [5.41, 5.74) is 1.48. The molecule has 0 fully saturated rings. The molecule has 122 valence electrons. The number of benzene rings is 2. The lowest BCUT2D eigenvalue weighted by Crippen LogP contribution is -1.97. The Balaban J connectivity index is 1.79. The summed E-state index contributed by atoms with van der Waals surface area (Å²) in [6, 6.07) is 12.9. The predicted molar refractivity (Wildman–Crippen MR) is 92.7 cm³/mol. The first-order valence-corrected chi connectivity index (χ1v) is 7.73. The summed E-state index contributed by atoms with van der Waals surface area (Å²) in [5.74, 6) is 2.16. The van der Waals surface area contributed by atoms with Crippen LogP contribution in [0, 0.1) is 0 Å². The van der Waals surface area contributed by atoms with Crippen molar-refractivity contribution in [1.29, 1.82) is 0 Å². The third-order valence-corrected chi connectivity index (χ3v) is 3.61. The van der Waals surface area contributed by atoms with Crippen LogP contribution in [0.25, 0.3) is 6.08 Å². The summed E-state index contributed by atoms with van der Waals surface area (Å²) in [7, 11) is 1.63. The highest BCUT2D eigenvalue weighted by Gasteiger charge is 2.27. The van der Waals surface area contributed by atoms with Crippen LogP contribution in [-0.4, -0.2) is 19.5 Å². The first-order valence-electron chi connectivity index (χ1n) is 7.73. The minimum absolute atomic E-state index is 0.127. The van der Waals surface area contributed by atoms with Crippen molar-refractivity contribution in [1.82, 2.24) is 0 Å². The second-order valence-corrected chi connectivity index (χ2v) is 5.15. The number of hydrogen-bond donors (Lipinski definition) is 0. The number of Topliss-reactive ketones (excluding diaryl/α,β-unsaturated/α-hetero) is 1.